The van der Waals surface area contributed by atoms with Crippen LogP contribution in [0, 0.1) is 0 Å². The Morgan fingerprint density at radius 3 is 2.28 bits per heavy atom. The molecule has 0 saturated carbocycles. The summed E-state index contributed by atoms with van der Waals surface area (Å²) >= 11 is 0. The topological polar surface area (TPSA) is 39.2 Å². The van der Waals surface area contributed by atoms with Crippen molar-refractivity contribution in [1.29, 1.82) is 0 Å². The first-order chi connectivity index (χ1) is 14.0. The second-order valence-corrected chi connectivity index (χ2v) is 9.31. The quantitative estimate of drug-likeness (QED) is 0.722. The molecule has 0 aromatic heterocycles. The van der Waals surface area contributed by atoms with Crippen LogP contribution in [-0.2, 0) is 6.54 Å². The van der Waals surface area contributed by atoms with Crippen LogP contribution >= 0.6 is 0 Å². The van der Waals surface area contributed by atoms with Crippen molar-refractivity contribution in [3.05, 3.63) is 29.8 Å². The molecule has 0 radical (unpaired) electrons. The van der Waals surface area contributed by atoms with E-state index in [1.54, 1.807) is 0 Å². The number of piperidine rings is 1. The maximum atomic E-state index is 9.66. The molecule has 2 aliphatic rings. The number of likely N-dealkylation sites (tertiary alicyclic amines) is 1. The van der Waals surface area contributed by atoms with E-state index in [1.807, 2.05) is 0 Å². The maximum absolute atomic E-state index is 9.66. The minimum absolute atomic E-state index is 0.209. The smallest absolute Gasteiger partial charge is 0.119 e. The molecule has 2 fully saturated rings. The monoisotopic (exact) mass is 403 g/mol. The molecular formula is C24H41N3O2. The van der Waals surface area contributed by atoms with Crippen molar-refractivity contribution in [1.82, 2.24) is 14.7 Å². The molecule has 0 spiro atoms. The van der Waals surface area contributed by atoms with Crippen molar-refractivity contribution in [2.45, 2.75) is 77.7 Å². The lowest BCUT2D eigenvalue weighted by atomic mass is 9.97. The van der Waals surface area contributed by atoms with Crippen LogP contribution in [0.2, 0.25) is 0 Å². The minimum Gasteiger partial charge on any atom is -0.491 e. The molecule has 0 amide bonds. The van der Waals surface area contributed by atoms with Gasteiger partial charge >= 0.3 is 0 Å². The van der Waals surface area contributed by atoms with Crippen LogP contribution in [0.1, 0.15) is 52.5 Å². The molecule has 0 bridgehead atoms. The highest BCUT2D eigenvalue weighted by Crippen LogP contribution is 2.25. The van der Waals surface area contributed by atoms with E-state index in [4.69, 9.17) is 4.74 Å². The first-order valence-corrected chi connectivity index (χ1v) is 11.5. The fourth-order valence-electron chi connectivity index (χ4n) is 4.90. The van der Waals surface area contributed by atoms with Crippen LogP contribution in [0.3, 0.4) is 0 Å². The summed E-state index contributed by atoms with van der Waals surface area (Å²) in [5.41, 5.74) is 1.34. The highest BCUT2D eigenvalue weighted by molar-refractivity contribution is 5.27. The molecular weight excluding hydrogens is 362 g/mol. The van der Waals surface area contributed by atoms with Gasteiger partial charge in [-0.2, -0.15) is 0 Å². The average Bonchev–Trinajstić information content (AvgIpc) is 2.70. The third-order valence-corrected chi connectivity index (χ3v) is 6.47. The number of hydrogen-bond acceptors (Lipinski definition) is 5. The van der Waals surface area contributed by atoms with Gasteiger partial charge in [-0.1, -0.05) is 12.1 Å². The van der Waals surface area contributed by atoms with E-state index in [-0.39, 0.29) is 12.7 Å². The zero-order valence-electron chi connectivity index (χ0n) is 18.9. The summed E-state index contributed by atoms with van der Waals surface area (Å²) in [6.45, 7) is 15.7. The predicted molar refractivity (Wildman–Crippen MR) is 119 cm³/mol. The van der Waals surface area contributed by atoms with Gasteiger partial charge < -0.3 is 14.7 Å². The van der Waals surface area contributed by atoms with Crippen LogP contribution in [-0.4, -0.2) is 83.4 Å². The van der Waals surface area contributed by atoms with Crippen molar-refractivity contribution < 1.29 is 9.84 Å². The molecule has 3 rings (SSSR count). The van der Waals surface area contributed by atoms with Crippen LogP contribution in [0.25, 0.3) is 0 Å². The number of benzene rings is 1. The second-order valence-electron chi connectivity index (χ2n) is 9.31. The van der Waals surface area contributed by atoms with Crippen LogP contribution in [0.15, 0.2) is 24.3 Å². The maximum Gasteiger partial charge on any atom is 0.119 e. The number of aliphatic hydroxyl groups is 1. The van der Waals surface area contributed by atoms with Crippen LogP contribution in [0.5, 0.6) is 5.75 Å². The highest BCUT2D eigenvalue weighted by Gasteiger charge is 2.33. The number of hydrogen-bond donors (Lipinski definition) is 1. The van der Waals surface area contributed by atoms with Crippen molar-refractivity contribution in [3.8, 4) is 5.75 Å². The second kappa shape index (κ2) is 10.8. The van der Waals surface area contributed by atoms with Gasteiger partial charge in [-0.05, 0) is 77.7 Å². The van der Waals surface area contributed by atoms with Crippen LogP contribution in [0.4, 0.5) is 0 Å². The number of ether oxygens (including phenoxy) is 1. The molecule has 5 nitrogen and oxygen atoms in total. The zero-order valence-corrected chi connectivity index (χ0v) is 18.9. The Morgan fingerprint density at radius 2 is 1.69 bits per heavy atom. The fourth-order valence-corrected chi connectivity index (χ4v) is 4.90. The van der Waals surface area contributed by atoms with Crippen molar-refractivity contribution >= 4 is 0 Å². The Labute approximate surface area is 177 Å². The van der Waals surface area contributed by atoms with E-state index in [0.29, 0.717) is 18.1 Å². The normalized spacial score (nSPS) is 23.2. The first-order valence-electron chi connectivity index (χ1n) is 11.5. The SMILES string of the molecule is CC(C)Oc1ccc(CN2CCN(C3CCN(C(C)C)CC3)C(CCO)C2)cc1. The van der Waals surface area contributed by atoms with Crippen molar-refractivity contribution in [2.24, 2.45) is 0 Å². The van der Waals surface area contributed by atoms with Gasteiger partial charge in [0.1, 0.15) is 5.75 Å². The largest absolute Gasteiger partial charge is 0.491 e. The Balaban J connectivity index is 1.54. The van der Waals surface area contributed by atoms with Gasteiger partial charge in [0, 0.05) is 50.9 Å². The lowest BCUT2D eigenvalue weighted by molar-refractivity contribution is -0.0000353. The summed E-state index contributed by atoms with van der Waals surface area (Å²) in [5, 5.41) is 9.66. The third kappa shape index (κ3) is 6.42. The molecule has 2 aliphatic heterocycles. The molecule has 1 N–H and O–H groups in total. The molecule has 2 saturated heterocycles. The van der Waals surface area contributed by atoms with Gasteiger partial charge in [-0.15, -0.1) is 0 Å². The van der Waals surface area contributed by atoms with Gasteiger partial charge in [0.25, 0.3) is 0 Å². The van der Waals surface area contributed by atoms with E-state index >= 15 is 0 Å². The number of nitrogens with zero attached hydrogens (tertiary/aromatic N) is 3. The molecule has 164 valence electrons. The van der Waals surface area contributed by atoms with Gasteiger partial charge in [0.05, 0.1) is 6.10 Å². The summed E-state index contributed by atoms with van der Waals surface area (Å²) in [5.74, 6) is 0.944. The van der Waals surface area contributed by atoms with Gasteiger partial charge in [-0.25, -0.2) is 0 Å². The first kappa shape index (κ1) is 22.5. The third-order valence-electron chi connectivity index (χ3n) is 6.47. The number of piperazine rings is 1. The summed E-state index contributed by atoms with van der Waals surface area (Å²) in [6.07, 6.45) is 3.61. The molecule has 0 aliphatic carbocycles. The van der Waals surface area contributed by atoms with Gasteiger partial charge in [0.15, 0.2) is 0 Å². The van der Waals surface area contributed by atoms with E-state index < -0.39 is 0 Å². The molecule has 1 unspecified atom stereocenters. The van der Waals surface area contributed by atoms with E-state index in [2.05, 4.69) is 66.7 Å². The van der Waals surface area contributed by atoms with Crippen molar-refractivity contribution in [2.75, 3.05) is 39.3 Å². The molecule has 29 heavy (non-hydrogen) atoms. The van der Waals surface area contributed by atoms with Gasteiger partial charge in [0.2, 0.25) is 0 Å². The minimum atomic E-state index is 0.209. The van der Waals surface area contributed by atoms with Gasteiger partial charge in [-0.3, -0.25) is 9.80 Å². The zero-order chi connectivity index (χ0) is 20.8. The lowest BCUT2D eigenvalue weighted by Crippen LogP contribution is -2.58. The summed E-state index contributed by atoms with van der Waals surface area (Å²) in [4.78, 5) is 7.86. The van der Waals surface area contributed by atoms with E-state index in [9.17, 15) is 5.11 Å². The predicted octanol–water partition coefficient (Wildman–Crippen LogP) is 3.22. The van der Waals surface area contributed by atoms with Crippen LogP contribution < -0.4 is 4.74 Å². The molecule has 1 aromatic rings. The Kier molecular flexibility index (Phi) is 8.36. The summed E-state index contributed by atoms with van der Waals surface area (Å²) < 4.78 is 5.76. The lowest BCUT2D eigenvalue weighted by Gasteiger charge is -2.48. The molecule has 1 aromatic carbocycles. The standard InChI is InChI=1S/C24H41N3O2/c1-19(2)26-12-9-22(10-13-26)27-15-14-25(18-23(27)11-16-28)17-21-5-7-24(8-6-21)29-20(3)4/h5-8,19-20,22-23,28H,9-18H2,1-4H3. The fraction of sp³-hybridized carbons (Fsp3) is 0.750. The highest BCUT2D eigenvalue weighted by atomic mass is 16.5. The Hall–Kier alpha value is -1.14. The average molecular weight is 404 g/mol. The summed E-state index contributed by atoms with van der Waals surface area (Å²) in [7, 11) is 0. The Morgan fingerprint density at radius 1 is 1.00 bits per heavy atom. The molecule has 1 atom stereocenters. The summed E-state index contributed by atoms with van der Waals surface area (Å²) in [6, 6.07) is 10.3. The molecule has 5 heteroatoms. The Bertz CT molecular complexity index is 597. The molecule has 2 heterocycles. The number of aliphatic hydroxyl groups excluding tert-OH is 1. The number of rotatable bonds is 8. The van der Waals surface area contributed by atoms with E-state index in [0.717, 1.165) is 38.3 Å². The van der Waals surface area contributed by atoms with E-state index in [1.165, 1.54) is 31.5 Å². The van der Waals surface area contributed by atoms with Crippen molar-refractivity contribution in [3.63, 3.8) is 0 Å².